The average Bonchev–Trinajstić information content (AvgIpc) is 3.30. The Morgan fingerprint density at radius 2 is 1.87 bits per heavy atom. The van der Waals surface area contributed by atoms with Gasteiger partial charge in [-0.25, -0.2) is 4.98 Å². The normalized spacial score (nSPS) is 17.6. The molecule has 204 valence electrons. The van der Waals surface area contributed by atoms with Crippen molar-refractivity contribution in [1.29, 1.82) is 0 Å². The fourth-order valence-electron chi connectivity index (χ4n) is 4.86. The summed E-state index contributed by atoms with van der Waals surface area (Å²) in [6.07, 6.45) is 6.86. The quantitative estimate of drug-likeness (QED) is 0.365. The van der Waals surface area contributed by atoms with E-state index in [0.29, 0.717) is 41.7 Å². The number of pyridine rings is 1. The van der Waals surface area contributed by atoms with Crippen LogP contribution in [-0.4, -0.2) is 84.9 Å². The number of nitrogens with zero attached hydrogens (tertiary/aromatic N) is 4. The summed E-state index contributed by atoms with van der Waals surface area (Å²) in [6, 6.07) is 11.6. The largest absolute Gasteiger partial charge is 0.349 e. The van der Waals surface area contributed by atoms with Crippen LogP contribution in [0.4, 0.5) is 5.69 Å². The fourth-order valence-corrected chi connectivity index (χ4v) is 5.73. The number of fused-ring (bicyclic) bond motifs is 1. The molecule has 5 rings (SSSR count). The van der Waals surface area contributed by atoms with Crippen molar-refractivity contribution in [2.45, 2.75) is 45.2 Å². The minimum absolute atomic E-state index is 0.0754. The summed E-state index contributed by atoms with van der Waals surface area (Å²) in [5.74, 6) is -0.0754. The van der Waals surface area contributed by atoms with Crippen LogP contribution in [-0.2, 0) is 10.2 Å². The zero-order valence-corrected chi connectivity index (χ0v) is 22.9. The number of carbonyl (C=O) groups is 1. The summed E-state index contributed by atoms with van der Waals surface area (Å²) in [5, 5.41) is 3.06. The van der Waals surface area contributed by atoms with E-state index in [9.17, 15) is 13.2 Å². The Hall–Kier alpha value is -2.99. The van der Waals surface area contributed by atoms with Crippen molar-refractivity contribution in [2.75, 3.05) is 44.0 Å². The summed E-state index contributed by atoms with van der Waals surface area (Å²) >= 11 is 0. The first kappa shape index (κ1) is 26.6. The second kappa shape index (κ2) is 11.4. The topological polar surface area (TPSA) is 111 Å². The molecule has 1 saturated heterocycles. The van der Waals surface area contributed by atoms with Gasteiger partial charge in [0.2, 0.25) is 0 Å². The van der Waals surface area contributed by atoms with Crippen molar-refractivity contribution in [3.63, 3.8) is 0 Å². The number of piperazine rings is 1. The first-order valence-corrected chi connectivity index (χ1v) is 14.9. The molecule has 3 heterocycles. The van der Waals surface area contributed by atoms with Crippen molar-refractivity contribution >= 4 is 27.5 Å². The van der Waals surface area contributed by atoms with Crippen LogP contribution >= 0.6 is 0 Å². The van der Waals surface area contributed by atoms with Crippen molar-refractivity contribution in [1.82, 2.24) is 29.2 Å². The SMILES string of the molecule is CC(C)N1CCN(CCNS(=O)(=O)Nc2cccc(-c3cn4cc(C(=O)NC5CCC5)ccc4n3)c2)CC1. The van der Waals surface area contributed by atoms with Crippen molar-refractivity contribution in [3.8, 4) is 11.3 Å². The van der Waals surface area contributed by atoms with Gasteiger partial charge in [0.05, 0.1) is 16.9 Å². The Bertz CT molecular complexity index is 1380. The first-order chi connectivity index (χ1) is 18.3. The molecule has 10 nitrogen and oxygen atoms in total. The third-order valence-corrected chi connectivity index (χ3v) is 8.51. The minimum atomic E-state index is -3.71. The molecule has 1 aromatic carbocycles. The number of amides is 1. The van der Waals surface area contributed by atoms with E-state index in [1.54, 1.807) is 30.5 Å². The van der Waals surface area contributed by atoms with Crippen LogP contribution in [0.5, 0.6) is 0 Å². The second-order valence-electron chi connectivity index (χ2n) is 10.5. The number of hydrogen-bond donors (Lipinski definition) is 3. The van der Waals surface area contributed by atoms with Crippen molar-refractivity contribution in [2.24, 2.45) is 0 Å². The number of anilines is 1. The lowest BCUT2D eigenvalue weighted by atomic mass is 9.93. The van der Waals surface area contributed by atoms with Gasteiger partial charge >= 0.3 is 0 Å². The average molecular weight is 540 g/mol. The van der Waals surface area contributed by atoms with Gasteiger partial charge in [0.25, 0.3) is 16.1 Å². The molecule has 3 N–H and O–H groups in total. The third-order valence-electron chi connectivity index (χ3n) is 7.42. The molecule has 0 unspecified atom stereocenters. The first-order valence-electron chi connectivity index (χ1n) is 13.4. The molecular weight excluding hydrogens is 502 g/mol. The van der Waals surface area contributed by atoms with Crippen LogP contribution in [0.25, 0.3) is 16.9 Å². The second-order valence-corrected chi connectivity index (χ2v) is 12.0. The summed E-state index contributed by atoms with van der Waals surface area (Å²) < 4.78 is 32.4. The molecule has 1 amide bonds. The molecule has 2 aliphatic rings. The van der Waals surface area contributed by atoms with Gasteiger partial charge in [-0.05, 0) is 57.4 Å². The number of aromatic nitrogens is 2. The minimum Gasteiger partial charge on any atom is -0.349 e. The molecule has 0 atom stereocenters. The van der Waals surface area contributed by atoms with Crippen LogP contribution in [0, 0.1) is 0 Å². The Kier molecular flexibility index (Phi) is 7.98. The van der Waals surface area contributed by atoms with Gasteiger partial charge in [-0.1, -0.05) is 12.1 Å². The number of nitrogens with one attached hydrogen (secondary N) is 3. The highest BCUT2D eigenvalue weighted by Gasteiger charge is 2.21. The van der Waals surface area contributed by atoms with Crippen molar-refractivity contribution in [3.05, 3.63) is 54.4 Å². The molecule has 1 aliphatic carbocycles. The Labute approximate surface area is 224 Å². The third kappa shape index (κ3) is 6.52. The van der Waals surface area contributed by atoms with E-state index in [1.807, 2.05) is 22.7 Å². The van der Waals surface area contributed by atoms with E-state index in [2.05, 4.69) is 43.4 Å². The number of imidazole rings is 1. The maximum atomic E-state index is 12.7. The predicted molar refractivity (Wildman–Crippen MR) is 149 cm³/mol. The maximum absolute atomic E-state index is 12.7. The summed E-state index contributed by atoms with van der Waals surface area (Å²) in [6.45, 7) is 9.33. The summed E-state index contributed by atoms with van der Waals surface area (Å²) in [4.78, 5) is 21.9. The van der Waals surface area contributed by atoms with Crippen LogP contribution in [0.2, 0.25) is 0 Å². The molecular formula is C27H37N7O3S. The van der Waals surface area contributed by atoms with E-state index < -0.39 is 10.2 Å². The zero-order chi connectivity index (χ0) is 26.7. The van der Waals surface area contributed by atoms with Gasteiger partial charge < -0.3 is 9.72 Å². The number of rotatable bonds is 10. The standard InChI is InChI=1S/C27H37N7O3S/c1-20(2)33-15-13-32(14-16-33)12-11-28-38(36,37)31-24-8-3-5-21(17-24)25-19-34-18-22(9-10-26(34)30-25)27(35)29-23-6-4-7-23/h3,5,8-10,17-20,23,28,31H,4,6-7,11-16H2,1-2H3,(H,29,35). The molecule has 1 aliphatic heterocycles. The molecule has 0 spiro atoms. The predicted octanol–water partition coefficient (Wildman–Crippen LogP) is 2.56. The smallest absolute Gasteiger partial charge is 0.299 e. The number of benzene rings is 1. The fraction of sp³-hybridized carbons (Fsp3) is 0.481. The molecule has 0 bridgehead atoms. The molecule has 0 radical (unpaired) electrons. The molecule has 2 aromatic heterocycles. The van der Waals surface area contributed by atoms with Crippen LogP contribution in [0.1, 0.15) is 43.5 Å². The highest BCUT2D eigenvalue weighted by molar-refractivity contribution is 7.90. The number of hydrogen-bond acceptors (Lipinski definition) is 6. The van der Waals surface area contributed by atoms with E-state index in [-0.39, 0.29) is 11.9 Å². The lowest BCUT2D eigenvalue weighted by Crippen LogP contribution is -2.50. The Balaban J connectivity index is 1.18. The summed E-state index contributed by atoms with van der Waals surface area (Å²) in [7, 11) is -3.71. The highest BCUT2D eigenvalue weighted by Crippen LogP contribution is 2.24. The number of carbonyl (C=O) groups excluding carboxylic acids is 1. The summed E-state index contributed by atoms with van der Waals surface area (Å²) in [5.41, 5.74) is 3.22. The molecule has 38 heavy (non-hydrogen) atoms. The zero-order valence-electron chi connectivity index (χ0n) is 22.1. The lowest BCUT2D eigenvalue weighted by molar-refractivity contribution is 0.0916. The van der Waals surface area contributed by atoms with E-state index in [1.165, 1.54) is 0 Å². The van der Waals surface area contributed by atoms with Crippen LogP contribution in [0.3, 0.4) is 0 Å². The van der Waals surface area contributed by atoms with Gasteiger partial charge in [-0.2, -0.15) is 13.1 Å². The Morgan fingerprint density at radius 1 is 1.08 bits per heavy atom. The van der Waals surface area contributed by atoms with Gasteiger partial charge in [-0.3, -0.25) is 19.3 Å². The van der Waals surface area contributed by atoms with Gasteiger partial charge in [0, 0.05) is 69.3 Å². The molecule has 11 heteroatoms. The maximum Gasteiger partial charge on any atom is 0.299 e. The molecule has 3 aromatic rings. The van der Waals surface area contributed by atoms with Crippen molar-refractivity contribution < 1.29 is 13.2 Å². The molecule has 1 saturated carbocycles. The van der Waals surface area contributed by atoms with Gasteiger partial charge in [0.1, 0.15) is 5.65 Å². The van der Waals surface area contributed by atoms with Crippen LogP contribution < -0.4 is 14.8 Å². The van der Waals surface area contributed by atoms with E-state index >= 15 is 0 Å². The lowest BCUT2D eigenvalue weighted by Gasteiger charge is -2.36. The van der Waals surface area contributed by atoms with Crippen LogP contribution in [0.15, 0.2) is 48.8 Å². The molecule has 2 fully saturated rings. The highest BCUT2D eigenvalue weighted by atomic mass is 32.2. The van der Waals surface area contributed by atoms with Gasteiger partial charge in [0.15, 0.2) is 0 Å². The Morgan fingerprint density at radius 3 is 2.58 bits per heavy atom. The monoisotopic (exact) mass is 539 g/mol. The van der Waals surface area contributed by atoms with Gasteiger partial charge in [-0.15, -0.1) is 0 Å². The van der Waals surface area contributed by atoms with E-state index in [4.69, 9.17) is 0 Å². The van der Waals surface area contributed by atoms with E-state index in [0.717, 1.165) is 51.0 Å².